The Bertz CT molecular complexity index is 392. The largest absolute Gasteiger partial charge is 0.309 e. The second kappa shape index (κ2) is 5.80. The van der Waals surface area contributed by atoms with Gasteiger partial charge in [-0.3, -0.25) is 0 Å². The monoisotopic (exact) mass is 348 g/mol. The van der Waals surface area contributed by atoms with E-state index in [1.165, 1.54) is 43.6 Å². The summed E-state index contributed by atoms with van der Waals surface area (Å²) in [5.74, 6) is 0. The molecule has 0 bridgehead atoms. The Balaban J connectivity index is 1.43. The second-order valence-corrected chi connectivity index (χ2v) is 7.85. The van der Waals surface area contributed by atoms with Crippen LogP contribution in [0.5, 0.6) is 0 Å². The number of piperidine rings is 1. The van der Waals surface area contributed by atoms with E-state index in [2.05, 4.69) is 32.2 Å². The Kier molecular flexibility index (Phi) is 4.31. The van der Waals surface area contributed by atoms with Gasteiger partial charge >= 0.3 is 0 Å². The van der Waals surface area contributed by atoms with E-state index in [0.29, 0.717) is 6.04 Å². The van der Waals surface area contributed by atoms with Crippen molar-refractivity contribution >= 4 is 38.9 Å². The molecule has 2 nitrogen and oxygen atoms in total. The van der Waals surface area contributed by atoms with Crippen LogP contribution in [0.15, 0.2) is 10.5 Å². The average molecular weight is 350 g/mol. The van der Waals surface area contributed by atoms with Crippen LogP contribution in [0, 0.1) is 0 Å². The summed E-state index contributed by atoms with van der Waals surface area (Å²) in [6, 6.07) is 3.73. The zero-order valence-corrected chi connectivity index (χ0v) is 13.5. The summed E-state index contributed by atoms with van der Waals surface area (Å²) >= 11 is 11.2. The molecule has 0 atom stereocenters. The molecule has 1 aliphatic carbocycles. The molecule has 2 heterocycles. The first-order chi connectivity index (χ1) is 8.72. The van der Waals surface area contributed by atoms with Gasteiger partial charge < -0.3 is 10.2 Å². The summed E-state index contributed by atoms with van der Waals surface area (Å²) in [5.41, 5.74) is 0. The number of nitrogens with zero attached hydrogens (tertiary/aromatic N) is 1. The van der Waals surface area contributed by atoms with E-state index >= 15 is 0 Å². The van der Waals surface area contributed by atoms with Crippen LogP contribution in [0.3, 0.4) is 0 Å². The van der Waals surface area contributed by atoms with Gasteiger partial charge in [-0.1, -0.05) is 11.6 Å². The first-order valence-electron chi connectivity index (χ1n) is 6.63. The van der Waals surface area contributed by atoms with Gasteiger partial charge in [0.1, 0.15) is 4.34 Å². The molecular weight excluding hydrogens is 332 g/mol. The molecular formula is C13H18BrClN2S. The lowest BCUT2D eigenvalue weighted by Gasteiger charge is -2.32. The van der Waals surface area contributed by atoms with Crippen molar-refractivity contribution < 1.29 is 0 Å². The highest BCUT2D eigenvalue weighted by Gasteiger charge is 2.31. The van der Waals surface area contributed by atoms with Crippen molar-refractivity contribution in [2.24, 2.45) is 0 Å². The lowest BCUT2D eigenvalue weighted by molar-refractivity contribution is 0.189. The zero-order chi connectivity index (χ0) is 12.5. The summed E-state index contributed by atoms with van der Waals surface area (Å²) < 4.78 is 1.88. The summed E-state index contributed by atoms with van der Waals surface area (Å²) in [4.78, 5) is 3.98. The van der Waals surface area contributed by atoms with Gasteiger partial charge in [-0.15, -0.1) is 11.3 Å². The zero-order valence-electron chi connectivity index (χ0n) is 10.3. The van der Waals surface area contributed by atoms with E-state index < -0.39 is 0 Å². The van der Waals surface area contributed by atoms with Crippen LogP contribution in [-0.4, -0.2) is 30.1 Å². The van der Waals surface area contributed by atoms with Gasteiger partial charge in [-0.2, -0.15) is 0 Å². The molecule has 1 saturated heterocycles. The van der Waals surface area contributed by atoms with Crippen molar-refractivity contribution in [3.8, 4) is 0 Å². The Morgan fingerprint density at radius 3 is 2.61 bits per heavy atom. The predicted molar refractivity (Wildman–Crippen MR) is 81.5 cm³/mol. The number of rotatable bonds is 4. The van der Waals surface area contributed by atoms with Gasteiger partial charge in [-0.25, -0.2) is 0 Å². The summed E-state index contributed by atoms with van der Waals surface area (Å²) in [7, 11) is 0. The van der Waals surface area contributed by atoms with Crippen molar-refractivity contribution in [3.05, 3.63) is 19.8 Å². The molecule has 1 aromatic rings. The maximum Gasteiger partial charge on any atom is 0.107 e. The number of hydrogen-bond donors (Lipinski definition) is 1. The van der Waals surface area contributed by atoms with Gasteiger partial charge in [0, 0.05) is 28.0 Å². The summed E-state index contributed by atoms with van der Waals surface area (Å²) in [6.07, 6.45) is 5.44. The first kappa shape index (κ1) is 13.4. The van der Waals surface area contributed by atoms with Crippen molar-refractivity contribution in [1.82, 2.24) is 10.2 Å². The maximum atomic E-state index is 6.05. The fourth-order valence-electron chi connectivity index (χ4n) is 2.63. The van der Waals surface area contributed by atoms with E-state index in [9.17, 15) is 0 Å². The van der Waals surface area contributed by atoms with E-state index in [-0.39, 0.29) is 0 Å². The van der Waals surface area contributed by atoms with Crippen LogP contribution < -0.4 is 5.32 Å². The number of likely N-dealkylation sites (tertiary alicyclic amines) is 1. The van der Waals surface area contributed by atoms with Crippen molar-refractivity contribution in [2.45, 2.75) is 44.3 Å². The molecule has 0 unspecified atom stereocenters. The van der Waals surface area contributed by atoms with Crippen molar-refractivity contribution in [2.75, 3.05) is 13.1 Å². The standard InChI is InChI=1S/C13H18BrClN2S/c14-12-7-11(18-13(12)15)8-16-9-3-5-17(6-4-9)10-1-2-10/h7,9-10,16H,1-6,8H2. The number of thiophene rings is 1. The van der Waals surface area contributed by atoms with Crippen LogP contribution in [0.2, 0.25) is 4.34 Å². The van der Waals surface area contributed by atoms with Gasteiger partial charge in [0.15, 0.2) is 0 Å². The highest BCUT2D eigenvalue weighted by Crippen LogP contribution is 2.32. The third kappa shape index (κ3) is 3.28. The predicted octanol–water partition coefficient (Wildman–Crippen LogP) is 3.88. The lowest BCUT2D eigenvalue weighted by Crippen LogP contribution is -2.42. The van der Waals surface area contributed by atoms with E-state index in [4.69, 9.17) is 11.6 Å². The summed E-state index contributed by atoms with van der Waals surface area (Å²) in [6.45, 7) is 3.50. The minimum absolute atomic E-state index is 0.680. The van der Waals surface area contributed by atoms with Crippen LogP contribution in [0.1, 0.15) is 30.6 Å². The fourth-order valence-corrected chi connectivity index (χ4v) is 4.37. The topological polar surface area (TPSA) is 15.3 Å². The highest BCUT2D eigenvalue weighted by molar-refractivity contribution is 9.10. The molecule has 1 aliphatic heterocycles. The molecule has 1 aromatic heterocycles. The molecule has 5 heteroatoms. The molecule has 0 aromatic carbocycles. The average Bonchev–Trinajstić information content (AvgIpc) is 3.16. The minimum atomic E-state index is 0.680. The Morgan fingerprint density at radius 1 is 1.33 bits per heavy atom. The minimum Gasteiger partial charge on any atom is -0.309 e. The lowest BCUT2D eigenvalue weighted by atomic mass is 10.0. The molecule has 2 fully saturated rings. The first-order valence-corrected chi connectivity index (χ1v) is 8.62. The molecule has 1 N–H and O–H groups in total. The molecule has 18 heavy (non-hydrogen) atoms. The summed E-state index contributed by atoms with van der Waals surface area (Å²) in [5, 5.41) is 3.66. The molecule has 100 valence electrons. The normalized spacial score (nSPS) is 22.6. The van der Waals surface area contributed by atoms with Crippen LogP contribution in [0.25, 0.3) is 0 Å². The van der Waals surface area contributed by atoms with Gasteiger partial charge in [0.2, 0.25) is 0 Å². The van der Waals surface area contributed by atoms with Gasteiger partial charge in [0.25, 0.3) is 0 Å². The Labute approximate surface area is 126 Å². The second-order valence-electron chi connectivity index (χ2n) is 5.26. The van der Waals surface area contributed by atoms with Crippen LogP contribution in [0.4, 0.5) is 0 Å². The van der Waals surface area contributed by atoms with E-state index in [1.807, 2.05) is 0 Å². The maximum absolute atomic E-state index is 6.05. The SMILES string of the molecule is Clc1sc(CNC2CCN(C3CC3)CC2)cc1Br. The van der Waals surface area contributed by atoms with E-state index in [1.54, 1.807) is 11.3 Å². The molecule has 0 spiro atoms. The highest BCUT2D eigenvalue weighted by atomic mass is 79.9. The van der Waals surface area contributed by atoms with Gasteiger partial charge in [-0.05, 0) is 60.8 Å². The van der Waals surface area contributed by atoms with Crippen molar-refractivity contribution in [3.63, 3.8) is 0 Å². The number of nitrogens with one attached hydrogen (secondary N) is 1. The van der Waals surface area contributed by atoms with Crippen LogP contribution in [-0.2, 0) is 6.54 Å². The number of halogens is 2. The quantitative estimate of drug-likeness (QED) is 0.887. The van der Waals surface area contributed by atoms with Gasteiger partial charge in [0.05, 0.1) is 0 Å². The molecule has 0 radical (unpaired) electrons. The Hall–Kier alpha value is 0.390. The molecule has 3 rings (SSSR count). The fraction of sp³-hybridized carbons (Fsp3) is 0.692. The van der Waals surface area contributed by atoms with E-state index in [0.717, 1.165) is 21.4 Å². The van der Waals surface area contributed by atoms with Crippen LogP contribution >= 0.6 is 38.9 Å². The third-order valence-electron chi connectivity index (χ3n) is 3.85. The van der Waals surface area contributed by atoms with Crippen molar-refractivity contribution in [1.29, 1.82) is 0 Å². The third-order valence-corrected chi connectivity index (χ3v) is 6.33. The Morgan fingerprint density at radius 2 is 2.06 bits per heavy atom. The molecule has 0 amide bonds. The number of hydrogen-bond acceptors (Lipinski definition) is 3. The molecule has 1 saturated carbocycles. The smallest absolute Gasteiger partial charge is 0.107 e. The molecule has 2 aliphatic rings.